The van der Waals surface area contributed by atoms with Crippen LogP contribution in [0.15, 0.2) is 60.1 Å². The van der Waals surface area contributed by atoms with Gasteiger partial charge in [-0.15, -0.1) is 11.3 Å². The van der Waals surface area contributed by atoms with Crippen molar-refractivity contribution in [2.45, 2.75) is 32.2 Å². The predicted octanol–water partition coefficient (Wildman–Crippen LogP) is 4.19. The zero-order valence-corrected chi connectivity index (χ0v) is 19.1. The van der Waals surface area contributed by atoms with Crippen LogP contribution in [0.4, 0.5) is 0 Å². The summed E-state index contributed by atoms with van der Waals surface area (Å²) >= 11 is 1.43. The van der Waals surface area contributed by atoms with E-state index in [9.17, 15) is 14.4 Å². The van der Waals surface area contributed by atoms with Crippen molar-refractivity contribution in [3.63, 3.8) is 0 Å². The maximum absolute atomic E-state index is 13.1. The Kier molecular flexibility index (Phi) is 8.00. The SMILES string of the molecule is O=C(OCc1ccccn1)c1cccc(C(=O)OCC2CCCO2)c1C(=O)OCc1cccs1. The van der Waals surface area contributed by atoms with Crippen molar-refractivity contribution in [2.24, 2.45) is 0 Å². The van der Waals surface area contributed by atoms with Crippen molar-refractivity contribution >= 4 is 29.2 Å². The Balaban J connectivity index is 1.55. The monoisotopic (exact) mass is 481 g/mol. The van der Waals surface area contributed by atoms with Gasteiger partial charge in [0.15, 0.2) is 0 Å². The standard InChI is InChI=1S/C25H23NO7S/c27-23(31-14-17-6-1-2-11-26-17)20-9-3-10-21(24(28)32-15-18-7-4-12-30-18)22(20)25(29)33-16-19-8-5-13-34-19/h1-3,5-6,8-11,13,18H,4,7,12,14-16H2. The molecule has 3 heterocycles. The minimum absolute atomic E-state index is 0.0121. The number of ether oxygens (including phenoxy) is 4. The highest BCUT2D eigenvalue weighted by atomic mass is 32.1. The maximum Gasteiger partial charge on any atom is 0.340 e. The molecule has 1 fully saturated rings. The fourth-order valence-electron chi connectivity index (χ4n) is 3.44. The molecule has 34 heavy (non-hydrogen) atoms. The lowest BCUT2D eigenvalue weighted by molar-refractivity contribution is 0.0156. The van der Waals surface area contributed by atoms with Crippen molar-refractivity contribution < 1.29 is 33.3 Å². The van der Waals surface area contributed by atoms with Crippen molar-refractivity contribution in [3.8, 4) is 0 Å². The number of esters is 3. The molecule has 1 unspecified atom stereocenters. The van der Waals surface area contributed by atoms with E-state index in [2.05, 4.69) is 4.98 Å². The summed E-state index contributed by atoms with van der Waals surface area (Å²) < 4.78 is 21.6. The van der Waals surface area contributed by atoms with Gasteiger partial charge >= 0.3 is 17.9 Å². The molecule has 1 saturated heterocycles. The highest BCUT2D eigenvalue weighted by Crippen LogP contribution is 2.22. The Morgan fingerprint density at radius 2 is 1.71 bits per heavy atom. The van der Waals surface area contributed by atoms with E-state index in [1.807, 2.05) is 17.5 Å². The van der Waals surface area contributed by atoms with Gasteiger partial charge in [-0.1, -0.05) is 18.2 Å². The van der Waals surface area contributed by atoms with E-state index in [0.717, 1.165) is 17.7 Å². The Bertz CT molecular complexity index is 1130. The van der Waals surface area contributed by atoms with Crippen LogP contribution in [0.2, 0.25) is 0 Å². The van der Waals surface area contributed by atoms with Gasteiger partial charge in [0.05, 0.1) is 28.5 Å². The average molecular weight is 482 g/mol. The van der Waals surface area contributed by atoms with Gasteiger partial charge in [0, 0.05) is 17.7 Å². The summed E-state index contributed by atoms with van der Waals surface area (Å²) in [5, 5.41) is 1.86. The van der Waals surface area contributed by atoms with Crippen LogP contribution in [0.5, 0.6) is 0 Å². The maximum atomic E-state index is 13.1. The van der Waals surface area contributed by atoms with Crippen molar-refractivity contribution in [3.05, 3.63) is 87.4 Å². The third kappa shape index (κ3) is 6.06. The molecule has 9 heteroatoms. The topological polar surface area (TPSA) is 101 Å². The molecule has 3 aromatic rings. The molecule has 1 aliphatic heterocycles. The molecule has 1 aromatic carbocycles. The van der Waals surface area contributed by atoms with Gasteiger partial charge in [-0.25, -0.2) is 14.4 Å². The number of rotatable bonds is 9. The second kappa shape index (κ2) is 11.5. The lowest BCUT2D eigenvalue weighted by Crippen LogP contribution is -2.22. The van der Waals surface area contributed by atoms with Gasteiger partial charge < -0.3 is 18.9 Å². The van der Waals surface area contributed by atoms with Crippen LogP contribution < -0.4 is 0 Å². The van der Waals surface area contributed by atoms with E-state index in [4.69, 9.17) is 18.9 Å². The number of carbonyl (C=O) groups is 3. The Morgan fingerprint density at radius 3 is 2.38 bits per heavy atom. The van der Waals surface area contributed by atoms with Crippen LogP contribution in [0, 0.1) is 0 Å². The van der Waals surface area contributed by atoms with Gasteiger partial charge in [-0.05, 0) is 48.6 Å². The third-order valence-corrected chi connectivity index (χ3v) is 5.99. The van der Waals surface area contributed by atoms with Crippen molar-refractivity contribution in [1.82, 2.24) is 4.98 Å². The molecule has 1 atom stereocenters. The minimum atomic E-state index is -0.817. The summed E-state index contributed by atoms with van der Waals surface area (Å²) in [6.07, 6.45) is 3.11. The summed E-state index contributed by atoms with van der Waals surface area (Å²) in [6, 6.07) is 13.2. The molecule has 176 valence electrons. The molecule has 0 amide bonds. The number of carbonyl (C=O) groups excluding carboxylic acids is 3. The normalized spacial score (nSPS) is 15.0. The number of aromatic nitrogens is 1. The molecule has 0 aliphatic carbocycles. The molecular weight excluding hydrogens is 458 g/mol. The molecule has 0 bridgehead atoms. The van der Waals surface area contributed by atoms with E-state index in [1.165, 1.54) is 29.5 Å². The van der Waals surface area contributed by atoms with E-state index in [-0.39, 0.29) is 42.6 Å². The summed E-state index contributed by atoms with van der Waals surface area (Å²) in [5.41, 5.74) is 0.201. The van der Waals surface area contributed by atoms with Gasteiger partial charge in [0.25, 0.3) is 0 Å². The lowest BCUT2D eigenvalue weighted by Gasteiger charge is -2.15. The van der Waals surface area contributed by atoms with Gasteiger partial charge in [-0.3, -0.25) is 4.98 Å². The fourth-order valence-corrected chi connectivity index (χ4v) is 4.05. The second-order valence-corrected chi connectivity index (χ2v) is 8.55. The third-order valence-electron chi connectivity index (χ3n) is 5.14. The molecule has 1 aliphatic rings. The largest absolute Gasteiger partial charge is 0.459 e. The van der Waals surface area contributed by atoms with Gasteiger partial charge in [0.2, 0.25) is 0 Å². The number of benzene rings is 1. The zero-order chi connectivity index (χ0) is 23.8. The zero-order valence-electron chi connectivity index (χ0n) is 18.3. The van der Waals surface area contributed by atoms with Crippen LogP contribution >= 0.6 is 11.3 Å². The first-order chi connectivity index (χ1) is 16.6. The number of hydrogen-bond donors (Lipinski definition) is 0. The smallest absolute Gasteiger partial charge is 0.340 e. The number of nitrogens with zero attached hydrogens (tertiary/aromatic N) is 1. The average Bonchev–Trinajstić information content (AvgIpc) is 3.59. The van der Waals surface area contributed by atoms with E-state index < -0.39 is 17.9 Å². The summed E-state index contributed by atoms with van der Waals surface area (Å²) in [6.45, 7) is 0.617. The van der Waals surface area contributed by atoms with E-state index in [0.29, 0.717) is 12.3 Å². The van der Waals surface area contributed by atoms with Crippen LogP contribution in [-0.4, -0.2) is 42.2 Å². The first kappa shape index (κ1) is 23.6. The minimum Gasteiger partial charge on any atom is -0.459 e. The van der Waals surface area contributed by atoms with E-state index >= 15 is 0 Å². The molecule has 2 aromatic heterocycles. The highest BCUT2D eigenvalue weighted by molar-refractivity contribution is 7.09. The Morgan fingerprint density at radius 1 is 0.912 bits per heavy atom. The summed E-state index contributed by atoms with van der Waals surface area (Å²) in [7, 11) is 0. The van der Waals surface area contributed by atoms with Crippen LogP contribution in [0.3, 0.4) is 0 Å². The number of thiophene rings is 1. The van der Waals surface area contributed by atoms with Crippen LogP contribution in [-0.2, 0) is 32.2 Å². The Hall–Kier alpha value is -3.56. The van der Waals surface area contributed by atoms with Crippen LogP contribution in [0.25, 0.3) is 0 Å². The highest BCUT2D eigenvalue weighted by Gasteiger charge is 2.28. The molecule has 8 nitrogen and oxygen atoms in total. The van der Waals surface area contributed by atoms with E-state index in [1.54, 1.807) is 24.4 Å². The fraction of sp³-hybridized carbons (Fsp3) is 0.280. The summed E-state index contributed by atoms with van der Waals surface area (Å²) in [5.74, 6) is -2.33. The first-order valence-electron chi connectivity index (χ1n) is 10.8. The van der Waals surface area contributed by atoms with Gasteiger partial charge in [-0.2, -0.15) is 0 Å². The molecule has 4 rings (SSSR count). The molecular formula is C25H23NO7S. The molecule has 0 radical (unpaired) electrons. The molecule has 0 saturated carbocycles. The van der Waals surface area contributed by atoms with Crippen LogP contribution in [0.1, 0.15) is 54.5 Å². The predicted molar refractivity (Wildman–Crippen MR) is 122 cm³/mol. The first-order valence-corrected chi connectivity index (χ1v) is 11.7. The number of hydrogen-bond acceptors (Lipinski definition) is 9. The number of pyridine rings is 1. The second-order valence-electron chi connectivity index (χ2n) is 7.51. The quantitative estimate of drug-likeness (QED) is 0.331. The molecule has 0 spiro atoms. The molecule has 0 N–H and O–H groups in total. The van der Waals surface area contributed by atoms with Crippen molar-refractivity contribution in [2.75, 3.05) is 13.2 Å². The Labute approximate surface area is 200 Å². The van der Waals surface area contributed by atoms with Crippen molar-refractivity contribution in [1.29, 1.82) is 0 Å². The lowest BCUT2D eigenvalue weighted by atomic mass is 10.0. The summed E-state index contributed by atoms with van der Waals surface area (Å²) in [4.78, 5) is 43.8. The van der Waals surface area contributed by atoms with Gasteiger partial charge in [0.1, 0.15) is 19.8 Å².